The number of hydrogen-bond acceptors (Lipinski definition) is 5. The van der Waals surface area contributed by atoms with Gasteiger partial charge in [0.05, 0.1) is 6.04 Å². The molecular weight excluding hydrogens is 216 g/mol. The lowest BCUT2D eigenvalue weighted by Crippen LogP contribution is -2.48. The second kappa shape index (κ2) is 7.76. The number of nitrogens with zero attached hydrogens (tertiary/aromatic N) is 2. The molecule has 0 amide bonds. The maximum atomic E-state index is 11.4. The van der Waals surface area contributed by atoms with Crippen LogP contribution in [0.3, 0.4) is 0 Å². The van der Waals surface area contributed by atoms with Gasteiger partial charge in [0.15, 0.2) is 0 Å². The standard InChI is InChI=1S/C12H26N4O/c1-11(17)12-10-13-4-6-15(2)8-9-16(3)7-5-14-12/h12-14H,4-10H2,1-3H3. The van der Waals surface area contributed by atoms with Gasteiger partial charge in [0, 0.05) is 45.8 Å². The van der Waals surface area contributed by atoms with Crippen molar-refractivity contribution in [3.63, 3.8) is 0 Å². The number of rotatable bonds is 1. The Hall–Kier alpha value is -0.490. The molecule has 17 heavy (non-hydrogen) atoms. The molecule has 100 valence electrons. The molecule has 0 aliphatic carbocycles. The van der Waals surface area contributed by atoms with E-state index >= 15 is 0 Å². The lowest BCUT2D eigenvalue weighted by atomic mass is 10.2. The molecule has 1 aliphatic heterocycles. The van der Waals surface area contributed by atoms with E-state index in [9.17, 15) is 4.79 Å². The summed E-state index contributed by atoms with van der Waals surface area (Å²) >= 11 is 0. The van der Waals surface area contributed by atoms with E-state index in [0.717, 1.165) is 45.8 Å². The first-order valence-corrected chi connectivity index (χ1v) is 6.41. The second-order valence-electron chi connectivity index (χ2n) is 4.93. The minimum Gasteiger partial charge on any atom is -0.313 e. The predicted molar refractivity (Wildman–Crippen MR) is 70.3 cm³/mol. The van der Waals surface area contributed by atoms with Crippen molar-refractivity contribution in [3.8, 4) is 0 Å². The number of carbonyl (C=O) groups excluding carboxylic acids is 1. The first kappa shape index (κ1) is 14.6. The van der Waals surface area contributed by atoms with E-state index in [1.54, 1.807) is 6.92 Å². The van der Waals surface area contributed by atoms with E-state index in [2.05, 4.69) is 34.5 Å². The smallest absolute Gasteiger partial charge is 0.147 e. The van der Waals surface area contributed by atoms with Gasteiger partial charge >= 0.3 is 0 Å². The second-order valence-corrected chi connectivity index (χ2v) is 4.93. The minimum absolute atomic E-state index is 0.0480. The average Bonchev–Trinajstić information content (AvgIpc) is 2.27. The predicted octanol–water partition coefficient (Wildman–Crippen LogP) is -1.000. The van der Waals surface area contributed by atoms with Crippen LogP contribution < -0.4 is 10.6 Å². The molecule has 0 saturated carbocycles. The highest BCUT2D eigenvalue weighted by atomic mass is 16.1. The van der Waals surface area contributed by atoms with Crippen molar-refractivity contribution in [3.05, 3.63) is 0 Å². The topological polar surface area (TPSA) is 47.6 Å². The molecule has 1 aliphatic rings. The summed E-state index contributed by atoms with van der Waals surface area (Å²) in [5.41, 5.74) is 0. The number of ketones is 1. The molecular formula is C12H26N4O. The third-order valence-electron chi connectivity index (χ3n) is 3.26. The van der Waals surface area contributed by atoms with E-state index in [0.29, 0.717) is 0 Å². The minimum atomic E-state index is -0.0480. The van der Waals surface area contributed by atoms with E-state index in [1.807, 2.05) is 0 Å². The van der Waals surface area contributed by atoms with Crippen molar-refractivity contribution in [2.45, 2.75) is 13.0 Å². The summed E-state index contributed by atoms with van der Waals surface area (Å²) in [7, 11) is 4.27. The van der Waals surface area contributed by atoms with Crippen LogP contribution in [0.25, 0.3) is 0 Å². The van der Waals surface area contributed by atoms with Crippen molar-refractivity contribution in [1.82, 2.24) is 20.4 Å². The van der Waals surface area contributed by atoms with Gasteiger partial charge in [-0.3, -0.25) is 4.79 Å². The number of carbonyl (C=O) groups is 1. The van der Waals surface area contributed by atoms with Gasteiger partial charge in [0.2, 0.25) is 0 Å². The van der Waals surface area contributed by atoms with Crippen LogP contribution in [-0.4, -0.2) is 81.5 Å². The summed E-state index contributed by atoms with van der Waals surface area (Å²) in [6, 6.07) is -0.0480. The molecule has 5 heteroatoms. The highest BCUT2D eigenvalue weighted by Crippen LogP contribution is 1.90. The maximum Gasteiger partial charge on any atom is 0.147 e. The molecule has 0 aromatic rings. The Morgan fingerprint density at radius 3 is 2.24 bits per heavy atom. The quantitative estimate of drug-likeness (QED) is 0.618. The van der Waals surface area contributed by atoms with Gasteiger partial charge in [-0.05, 0) is 21.0 Å². The highest BCUT2D eigenvalue weighted by molar-refractivity contribution is 5.81. The van der Waals surface area contributed by atoms with Gasteiger partial charge in [0.25, 0.3) is 0 Å². The molecule has 2 N–H and O–H groups in total. The molecule has 1 fully saturated rings. The van der Waals surface area contributed by atoms with Crippen molar-refractivity contribution < 1.29 is 4.79 Å². The van der Waals surface area contributed by atoms with Crippen LogP contribution in [-0.2, 0) is 4.79 Å². The lowest BCUT2D eigenvalue weighted by Gasteiger charge is -2.25. The summed E-state index contributed by atoms with van der Waals surface area (Å²) in [4.78, 5) is 16.1. The zero-order chi connectivity index (χ0) is 12.7. The SMILES string of the molecule is CC(=O)C1CNCCN(C)CCN(C)CCN1. The largest absolute Gasteiger partial charge is 0.313 e. The molecule has 1 unspecified atom stereocenters. The molecule has 0 aromatic heterocycles. The summed E-state index contributed by atoms with van der Waals surface area (Å²) in [6.45, 7) is 8.36. The first-order chi connectivity index (χ1) is 8.09. The Morgan fingerprint density at radius 2 is 1.65 bits per heavy atom. The first-order valence-electron chi connectivity index (χ1n) is 6.41. The Bertz CT molecular complexity index is 235. The normalized spacial score (nSPS) is 27.1. The van der Waals surface area contributed by atoms with Crippen LogP contribution in [0.2, 0.25) is 0 Å². The van der Waals surface area contributed by atoms with Crippen LogP contribution >= 0.6 is 0 Å². The van der Waals surface area contributed by atoms with Gasteiger partial charge in [-0.1, -0.05) is 0 Å². The molecule has 1 rings (SSSR count). The summed E-state index contributed by atoms with van der Waals surface area (Å²) in [5.74, 6) is 0.213. The molecule has 1 heterocycles. The number of nitrogens with one attached hydrogen (secondary N) is 2. The molecule has 0 radical (unpaired) electrons. The van der Waals surface area contributed by atoms with Gasteiger partial charge in [0.1, 0.15) is 5.78 Å². The monoisotopic (exact) mass is 242 g/mol. The molecule has 0 bridgehead atoms. The number of Topliss-reactive ketones (excluding diaryl/α,β-unsaturated/α-hetero) is 1. The zero-order valence-electron chi connectivity index (χ0n) is 11.3. The molecule has 1 saturated heterocycles. The fourth-order valence-electron chi connectivity index (χ4n) is 1.87. The Morgan fingerprint density at radius 1 is 1.06 bits per heavy atom. The third-order valence-corrected chi connectivity index (χ3v) is 3.26. The molecule has 0 aromatic carbocycles. The summed E-state index contributed by atoms with van der Waals surface area (Å²) in [5, 5.41) is 6.65. The Kier molecular flexibility index (Phi) is 6.65. The summed E-state index contributed by atoms with van der Waals surface area (Å²) in [6.07, 6.45) is 0. The van der Waals surface area contributed by atoms with E-state index < -0.39 is 0 Å². The molecule has 0 spiro atoms. The van der Waals surface area contributed by atoms with Crippen LogP contribution in [0.15, 0.2) is 0 Å². The number of hydrogen-bond donors (Lipinski definition) is 2. The van der Waals surface area contributed by atoms with Crippen molar-refractivity contribution in [2.75, 3.05) is 59.9 Å². The van der Waals surface area contributed by atoms with Gasteiger partial charge in [-0.2, -0.15) is 0 Å². The van der Waals surface area contributed by atoms with E-state index in [4.69, 9.17) is 0 Å². The van der Waals surface area contributed by atoms with Gasteiger partial charge < -0.3 is 20.4 Å². The Balaban J connectivity index is 2.44. The van der Waals surface area contributed by atoms with E-state index in [-0.39, 0.29) is 11.8 Å². The number of likely N-dealkylation sites (N-methyl/N-ethyl adjacent to an activating group) is 2. The van der Waals surface area contributed by atoms with Gasteiger partial charge in [-0.15, -0.1) is 0 Å². The van der Waals surface area contributed by atoms with Crippen LogP contribution in [0.1, 0.15) is 6.92 Å². The lowest BCUT2D eigenvalue weighted by molar-refractivity contribution is -0.118. The van der Waals surface area contributed by atoms with Crippen molar-refractivity contribution in [2.24, 2.45) is 0 Å². The molecule has 1 atom stereocenters. The van der Waals surface area contributed by atoms with E-state index in [1.165, 1.54) is 0 Å². The Labute approximate surface area is 105 Å². The van der Waals surface area contributed by atoms with Crippen LogP contribution in [0.4, 0.5) is 0 Å². The molecule has 5 nitrogen and oxygen atoms in total. The third kappa shape index (κ3) is 6.12. The fraction of sp³-hybridized carbons (Fsp3) is 0.917. The van der Waals surface area contributed by atoms with Crippen LogP contribution in [0, 0.1) is 0 Å². The van der Waals surface area contributed by atoms with Crippen molar-refractivity contribution in [1.29, 1.82) is 0 Å². The highest BCUT2D eigenvalue weighted by Gasteiger charge is 2.13. The summed E-state index contributed by atoms with van der Waals surface area (Å²) < 4.78 is 0. The maximum absolute atomic E-state index is 11.4. The van der Waals surface area contributed by atoms with Gasteiger partial charge in [-0.25, -0.2) is 0 Å². The van der Waals surface area contributed by atoms with Crippen LogP contribution in [0.5, 0.6) is 0 Å². The average molecular weight is 242 g/mol. The fourth-order valence-corrected chi connectivity index (χ4v) is 1.87. The zero-order valence-corrected chi connectivity index (χ0v) is 11.3. The van der Waals surface area contributed by atoms with Crippen molar-refractivity contribution >= 4 is 5.78 Å².